The van der Waals surface area contributed by atoms with E-state index in [4.69, 9.17) is 4.74 Å². The number of hydrogen-bond acceptors (Lipinski definition) is 4. The van der Waals surface area contributed by atoms with Crippen molar-refractivity contribution >= 4 is 23.1 Å². The molecule has 2 amide bonds. The number of carbonyl (C=O) groups is 1. The molecule has 1 aliphatic carbocycles. The number of nitro benzene ring substituents is 1. The Morgan fingerprint density at radius 3 is 2.17 bits per heavy atom. The Morgan fingerprint density at radius 1 is 1.10 bits per heavy atom. The molecule has 3 rings (SSSR count). The number of anilines is 2. The Bertz CT molecular complexity index is 939. The van der Waals surface area contributed by atoms with Crippen LogP contribution in [0.2, 0.25) is 0 Å². The van der Waals surface area contributed by atoms with Crippen molar-refractivity contribution in [2.24, 2.45) is 16.7 Å². The summed E-state index contributed by atoms with van der Waals surface area (Å²) in [5.74, 6) is 0.959. The Kier molecular flexibility index (Phi) is 5.50. The summed E-state index contributed by atoms with van der Waals surface area (Å²) >= 11 is 0. The highest BCUT2D eigenvalue weighted by Crippen LogP contribution is 2.70. The maximum absolute atomic E-state index is 13.4. The predicted molar refractivity (Wildman–Crippen MR) is 118 cm³/mol. The summed E-state index contributed by atoms with van der Waals surface area (Å²) in [4.78, 5) is 26.0. The quantitative estimate of drug-likeness (QED) is 0.487. The van der Waals surface area contributed by atoms with Gasteiger partial charge in [0.2, 0.25) is 0 Å². The number of nitro groups is 1. The molecule has 2 aromatic rings. The van der Waals surface area contributed by atoms with E-state index in [9.17, 15) is 14.9 Å². The number of nitrogens with zero attached hydrogens (tertiary/aromatic N) is 2. The lowest BCUT2D eigenvalue weighted by Gasteiger charge is -2.31. The molecule has 1 atom stereocenters. The number of urea groups is 1. The molecule has 0 aromatic heterocycles. The molecule has 0 radical (unpaired) electrons. The van der Waals surface area contributed by atoms with Crippen LogP contribution in [0, 0.1) is 26.9 Å². The number of hydrogen-bond donors (Lipinski definition) is 1. The van der Waals surface area contributed by atoms with E-state index in [1.54, 1.807) is 36.3 Å². The van der Waals surface area contributed by atoms with Gasteiger partial charge in [-0.3, -0.25) is 15.0 Å². The zero-order valence-corrected chi connectivity index (χ0v) is 18.3. The molecule has 7 nitrogen and oxygen atoms in total. The molecule has 1 fully saturated rings. The molecule has 7 heteroatoms. The van der Waals surface area contributed by atoms with E-state index in [0.717, 1.165) is 0 Å². The van der Waals surface area contributed by atoms with Crippen molar-refractivity contribution in [1.29, 1.82) is 0 Å². The van der Waals surface area contributed by atoms with E-state index >= 15 is 0 Å². The Hall–Kier alpha value is -3.09. The van der Waals surface area contributed by atoms with Gasteiger partial charge in [0.05, 0.1) is 12.0 Å². The fourth-order valence-electron chi connectivity index (χ4n) is 4.80. The summed E-state index contributed by atoms with van der Waals surface area (Å²) in [6.45, 7) is 10.9. The minimum Gasteiger partial charge on any atom is -0.497 e. The maximum atomic E-state index is 13.4. The second kappa shape index (κ2) is 7.63. The largest absolute Gasteiger partial charge is 0.497 e. The lowest BCUT2D eigenvalue weighted by atomic mass is 10.0. The normalized spacial score (nSPS) is 17.7. The number of methoxy groups -OCH3 is 1. The first-order valence-electron chi connectivity index (χ1n) is 10.00. The van der Waals surface area contributed by atoms with Gasteiger partial charge in [0.1, 0.15) is 11.4 Å². The van der Waals surface area contributed by atoms with Gasteiger partial charge in [0.25, 0.3) is 5.69 Å². The molecular formula is C23H29N3O4. The van der Waals surface area contributed by atoms with Gasteiger partial charge in [0.15, 0.2) is 0 Å². The number of carbonyl (C=O) groups excluding carboxylic acids is 1. The highest BCUT2D eigenvalue weighted by molar-refractivity contribution is 6.03. The van der Waals surface area contributed by atoms with Gasteiger partial charge in [-0.1, -0.05) is 39.8 Å². The summed E-state index contributed by atoms with van der Waals surface area (Å²) in [6.07, 6.45) is 0. The average molecular weight is 412 g/mol. The van der Waals surface area contributed by atoms with Gasteiger partial charge >= 0.3 is 6.03 Å². The molecule has 0 spiro atoms. The van der Waals surface area contributed by atoms with Crippen LogP contribution in [0.3, 0.4) is 0 Å². The molecular weight excluding hydrogens is 382 g/mol. The van der Waals surface area contributed by atoms with Crippen LogP contribution >= 0.6 is 0 Å². The molecule has 2 aromatic carbocycles. The first-order chi connectivity index (χ1) is 14.0. The number of rotatable bonds is 6. The highest BCUT2D eigenvalue weighted by atomic mass is 16.6. The van der Waals surface area contributed by atoms with Gasteiger partial charge in [-0.25, -0.2) is 4.79 Å². The zero-order chi connectivity index (χ0) is 22.3. The van der Waals surface area contributed by atoms with Crippen LogP contribution in [-0.2, 0) is 0 Å². The summed E-state index contributed by atoms with van der Waals surface area (Å²) in [7, 11) is 1.59. The molecule has 0 saturated heterocycles. The molecule has 1 N–H and O–H groups in total. The van der Waals surface area contributed by atoms with Crippen molar-refractivity contribution in [1.82, 2.24) is 0 Å². The third kappa shape index (κ3) is 3.60. The smallest absolute Gasteiger partial charge is 0.326 e. The van der Waals surface area contributed by atoms with Crippen LogP contribution in [0.25, 0.3) is 0 Å². The Morgan fingerprint density at radius 2 is 1.67 bits per heavy atom. The number of para-hydroxylation sites is 2. The minimum atomic E-state index is -0.496. The van der Waals surface area contributed by atoms with E-state index in [1.165, 1.54) is 12.1 Å². The molecule has 0 heterocycles. The third-order valence-electron chi connectivity index (χ3n) is 6.93. The van der Waals surface area contributed by atoms with E-state index in [-0.39, 0.29) is 34.2 Å². The Labute approximate surface area is 177 Å². The maximum Gasteiger partial charge on any atom is 0.326 e. The summed E-state index contributed by atoms with van der Waals surface area (Å²) in [5.41, 5.74) is 0.873. The molecule has 0 aliphatic heterocycles. The number of ether oxygens (including phenoxy) is 1. The standard InChI is InChI=1S/C23H29N3O4/c1-15(20-22(2,3)23(20,4)5)25(16-11-13-17(30-6)14-12-16)21(27)24-18-9-7-8-10-19(18)26(28)29/h7-15,20H,1-6H3,(H,24,27)/t15-/m1/s1. The fraction of sp³-hybridized carbons (Fsp3) is 0.435. The summed E-state index contributed by atoms with van der Waals surface area (Å²) < 4.78 is 5.24. The van der Waals surface area contributed by atoms with Crippen molar-refractivity contribution in [3.05, 3.63) is 58.6 Å². The molecule has 30 heavy (non-hydrogen) atoms. The van der Waals surface area contributed by atoms with Crippen molar-refractivity contribution in [3.8, 4) is 5.75 Å². The van der Waals surface area contributed by atoms with Crippen LogP contribution in [0.15, 0.2) is 48.5 Å². The monoisotopic (exact) mass is 411 g/mol. The van der Waals surface area contributed by atoms with E-state index in [2.05, 4.69) is 33.0 Å². The highest BCUT2D eigenvalue weighted by Gasteiger charge is 2.67. The number of nitrogens with one attached hydrogen (secondary N) is 1. The van der Waals surface area contributed by atoms with Crippen molar-refractivity contribution < 1.29 is 14.5 Å². The van der Waals surface area contributed by atoms with E-state index < -0.39 is 11.0 Å². The number of amides is 2. The Balaban J connectivity index is 1.97. The molecule has 0 bridgehead atoms. The van der Waals surface area contributed by atoms with Crippen molar-refractivity contribution in [2.45, 2.75) is 40.7 Å². The van der Waals surface area contributed by atoms with E-state index in [1.807, 2.05) is 19.1 Å². The lowest BCUT2D eigenvalue weighted by molar-refractivity contribution is -0.383. The first kappa shape index (κ1) is 21.6. The third-order valence-corrected chi connectivity index (χ3v) is 6.93. The van der Waals surface area contributed by atoms with Gasteiger partial charge in [-0.15, -0.1) is 0 Å². The molecule has 1 saturated carbocycles. The lowest BCUT2D eigenvalue weighted by Crippen LogP contribution is -2.44. The predicted octanol–water partition coefficient (Wildman–Crippen LogP) is 5.71. The first-order valence-corrected chi connectivity index (χ1v) is 10.00. The van der Waals surface area contributed by atoms with Crippen molar-refractivity contribution in [3.63, 3.8) is 0 Å². The topological polar surface area (TPSA) is 84.7 Å². The second-order valence-corrected chi connectivity index (χ2v) is 8.93. The second-order valence-electron chi connectivity index (χ2n) is 8.93. The molecule has 160 valence electrons. The van der Waals surface area contributed by atoms with Crippen LogP contribution in [0.4, 0.5) is 21.9 Å². The number of benzene rings is 2. The SMILES string of the molecule is COc1ccc(N(C(=O)Nc2ccccc2[N+](=O)[O-])[C@H](C)C2C(C)(C)C2(C)C)cc1. The fourth-order valence-corrected chi connectivity index (χ4v) is 4.80. The van der Waals surface area contributed by atoms with Gasteiger partial charge in [-0.2, -0.15) is 0 Å². The van der Waals surface area contributed by atoms with Crippen LogP contribution in [0.1, 0.15) is 34.6 Å². The zero-order valence-electron chi connectivity index (χ0n) is 18.3. The van der Waals surface area contributed by atoms with E-state index in [0.29, 0.717) is 11.4 Å². The average Bonchev–Trinajstić information content (AvgIpc) is 3.11. The molecule has 0 unspecified atom stereocenters. The van der Waals surface area contributed by atoms with Crippen LogP contribution in [0.5, 0.6) is 5.75 Å². The van der Waals surface area contributed by atoms with Gasteiger partial charge in [-0.05, 0) is 54.0 Å². The van der Waals surface area contributed by atoms with Crippen LogP contribution < -0.4 is 15.0 Å². The van der Waals surface area contributed by atoms with Crippen LogP contribution in [-0.4, -0.2) is 24.1 Å². The summed E-state index contributed by atoms with van der Waals surface area (Å²) in [5, 5.41) is 14.1. The minimum absolute atomic E-state index is 0.0656. The van der Waals surface area contributed by atoms with Gasteiger partial charge in [0, 0.05) is 17.8 Å². The van der Waals surface area contributed by atoms with Gasteiger partial charge < -0.3 is 10.1 Å². The van der Waals surface area contributed by atoms with Crippen molar-refractivity contribution in [2.75, 3.05) is 17.3 Å². The molecule has 1 aliphatic rings. The summed E-state index contributed by atoms with van der Waals surface area (Å²) in [6, 6.07) is 12.9.